The summed E-state index contributed by atoms with van der Waals surface area (Å²) < 4.78 is 0. The summed E-state index contributed by atoms with van der Waals surface area (Å²) in [6, 6.07) is 4.29. The number of hydrogen-bond donors (Lipinski definition) is 5. The molecule has 2 atom stereocenters. The van der Waals surface area contributed by atoms with E-state index in [1.165, 1.54) is 0 Å². The van der Waals surface area contributed by atoms with Crippen LogP contribution in [0.2, 0.25) is 0 Å². The molecule has 0 aromatic heterocycles. The van der Waals surface area contributed by atoms with Crippen molar-refractivity contribution in [2.24, 2.45) is 5.73 Å². The first-order valence-electron chi connectivity index (χ1n) is 5.23. The van der Waals surface area contributed by atoms with Crippen LogP contribution in [0.3, 0.4) is 0 Å². The van der Waals surface area contributed by atoms with Crippen LogP contribution in [0.15, 0.2) is 18.2 Å². The molecule has 0 aliphatic rings. The van der Waals surface area contributed by atoms with E-state index in [4.69, 9.17) is 5.73 Å². The summed E-state index contributed by atoms with van der Waals surface area (Å²) in [6.07, 6.45) is -1.35. The zero-order chi connectivity index (χ0) is 13.0. The third kappa shape index (κ3) is 3.61. The highest BCUT2D eigenvalue weighted by molar-refractivity contribution is 5.73. The SMILES string of the molecule is CC(O)c1ccc(NNC(N)=O)c(C(C)O)c1. The highest BCUT2D eigenvalue weighted by Gasteiger charge is 2.11. The largest absolute Gasteiger partial charge is 0.389 e. The summed E-state index contributed by atoms with van der Waals surface area (Å²) in [4.78, 5) is 10.6. The van der Waals surface area contributed by atoms with E-state index in [0.29, 0.717) is 16.8 Å². The van der Waals surface area contributed by atoms with Crippen LogP contribution < -0.4 is 16.6 Å². The fourth-order valence-electron chi connectivity index (χ4n) is 1.43. The van der Waals surface area contributed by atoms with Crippen molar-refractivity contribution >= 4 is 11.7 Å². The maximum absolute atomic E-state index is 10.6. The number of nitrogens with two attached hydrogens (primary N) is 1. The Kier molecular flexibility index (Phi) is 4.30. The first-order chi connectivity index (χ1) is 7.91. The molecule has 1 aromatic carbocycles. The van der Waals surface area contributed by atoms with Crippen molar-refractivity contribution in [3.63, 3.8) is 0 Å². The third-order valence-electron chi connectivity index (χ3n) is 2.33. The van der Waals surface area contributed by atoms with Gasteiger partial charge < -0.3 is 15.9 Å². The van der Waals surface area contributed by atoms with Gasteiger partial charge in [0.05, 0.1) is 17.9 Å². The first-order valence-corrected chi connectivity index (χ1v) is 5.23. The number of hydrogen-bond acceptors (Lipinski definition) is 4. The van der Waals surface area contributed by atoms with E-state index >= 15 is 0 Å². The minimum Gasteiger partial charge on any atom is -0.389 e. The second-order valence-electron chi connectivity index (χ2n) is 3.81. The molecular formula is C11H17N3O3. The second-order valence-corrected chi connectivity index (χ2v) is 3.81. The van der Waals surface area contributed by atoms with Crippen molar-refractivity contribution in [3.05, 3.63) is 29.3 Å². The van der Waals surface area contributed by atoms with Crippen molar-refractivity contribution in [1.82, 2.24) is 5.43 Å². The minimum absolute atomic E-state index is 0.531. The molecule has 94 valence electrons. The van der Waals surface area contributed by atoms with Crippen LogP contribution >= 0.6 is 0 Å². The quantitative estimate of drug-likeness (QED) is 0.500. The molecular weight excluding hydrogens is 222 g/mol. The molecule has 6 heteroatoms. The number of amides is 2. The molecule has 0 fully saturated rings. The van der Waals surface area contributed by atoms with Gasteiger partial charge in [0, 0.05) is 5.56 Å². The van der Waals surface area contributed by atoms with Crippen LogP contribution in [0.1, 0.15) is 37.2 Å². The van der Waals surface area contributed by atoms with E-state index in [1.807, 2.05) is 0 Å². The highest BCUT2D eigenvalue weighted by atomic mass is 16.3. The molecule has 0 aliphatic carbocycles. The van der Waals surface area contributed by atoms with Gasteiger partial charge in [0.15, 0.2) is 0 Å². The number of carbonyl (C=O) groups is 1. The standard InChI is InChI=1S/C11H17N3O3/c1-6(15)8-3-4-10(13-14-11(12)17)9(5-8)7(2)16/h3-7,13,15-16H,1-2H3,(H3,12,14,17). The van der Waals surface area contributed by atoms with Crippen LogP contribution in [0, 0.1) is 0 Å². The molecule has 2 amide bonds. The topological polar surface area (TPSA) is 108 Å². The molecule has 0 radical (unpaired) electrons. The predicted molar refractivity (Wildman–Crippen MR) is 64.1 cm³/mol. The van der Waals surface area contributed by atoms with Gasteiger partial charge in [0.25, 0.3) is 0 Å². The molecule has 1 aromatic rings. The number of aliphatic hydroxyl groups is 2. The van der Waals surface area contributed by atoms with Crippen LogP contribution in [-0.4, -0.2) is 16.2 Å². The van der Waals surface area contributed by atoms with Gasteiger partial charge in [-0.2, -0.15) is 0 Å². The van der Waals surface area contributed by atoms with Crippen molar-refractivity contribution in [1.29, 1.82) is 0 Å². The molecule has 1 rings (SSSR count). The van der Waals surface area contributed by atoms with Crippen molar-refractivity contribution < 1.29 is 15.0 Å². The van der Waals surface area contributed by atoms with Crippen molar-refractivity contribution in [2.45, 2.75) is 26.1 Å². The number of aliphatic hydroxyl groups excluding tert-OH is 2. The summed E-state index contributed by atoms with van der Waals surface area (Å²) in [5, 5.41) is 19.1. The van der Waals surface area contributed by atoms with E-state index in [0.717, 1.165) is 0 Å². The summed E-state index contributed by atoms with van der Waals surface area (Å²) in [6.45, 7) is 3.23. The van der Waals surface area contributed by atoms with Gasteiger partial charge in [0.1, 0.15) is 0 Å². The molecule has 0 bridgehead atoms. The van der Waals surface area contributed by atoms with Gasteiger partial charge >= 0.3 is 6.03 Å². The van der Waals surface area contributed by atoms with E-state index in [2.05, 4.69) is 10.9 Å². The molecule has 6 nitrogen and oxygen atoms in total. The molecule has 17 heavy (non-hydrogen) atoms. The van der Waals surface area contributed by atoms with E-state index in [-0.39, 0.29) is 0 Å². The number of anilines is 1. The lowest BCUT2D eigenvalue weighted by Crippen LogP contribution is -2.34. The van der Waals surface area contributed by atoms with E-state index < -0.39 is 18.2 Å². The number of hydrazine groups is 1. The van der Waals surface area contributed by atoms with Crippen molar-refractivity contribution in [2.75, 3.05) is 5.43 Å². The summed E-state index contributed by atoms with van der Waals surface area (Å²) in [5.74, 6) is 0. The Bertz CT molecular complexity index is 405. The zero-order valence-corrected chi connectivity index (χ0v) is 9.77. The van der Waals surface area contributed by atoms with Gasteiger partial charge in [-0.25, -0.2) is 4.79 Å². The molecule has 0 heterocycles. The molecule has 6 N–H and O–H groups in total. The highest BCUT2D eigenvalue weighted by Crippen LogP contribution is 2.26. The maximum Gasteiger partial charge on any atom is 0.330 e. The molecule has 2 unspecified atom stereocenters. The smallest absolute Gasteiger partial charge is 0.330 e. The first kappa shape index (κ1) is 13.3. The normalized spacial score (nSPS) is 13.9. The van der Waals surface area contributed by atoms with Gasteiger partial charge in [-0.1, -0.05) is 6.07 Å². The van der Waals surface area contributed by atoms with Gasteiger partial charge in [0.2, 0.25) is 0 Å². The summed E-state index contributed by atoms with van der Waals surface area (Å²) >= 11 is 0. The molecule has 0 spiro atoms. The second kappa shape index (κ2) is 5.51. The monoisotopic (exact) mass is 239 g/mol. The Morgan fingerprint density at radius 1 is 1.29 bits per heavy atom. The number of urea groups is 1. The van der Waals surface area contributed by atoms with Gasteiger partial charge in [-0.3, -0.25) is 10.9 Å². The minimum atomic E-state index is -0.731. The van der Waals surface area contributed by atoms with E-state index in [9.17, 15) is 15.0 Å². The lowest BCUT2D eigenvalue weighted by Gasteiger charge is -2.16. The van der Waals surface area contributed by atoms with Crippen LogP contribution in [0.5, 0.6) is 0 Å². The Morgan fingerprint density at radius 2 is 1.94 bits per heavy atom. The average Bonchev–Trinajstić information content (AvgIpc) is 2.25. The predicted octanol–water partition coefficient (Wildman–Crippen LogP) is 0.788. The Hall–Kier alpha value is -1.79. The van der Waals surface area contributed by atoms with Gasteiger partial charge in [-0.15, -0.1) is 0 Å². The third-order valence-corrected chi connectivity index (χ3v) is 2.33. The Morgan fingerprint density at radius 3 is 2.41 bits per heavy atom. The fraction of sp³-hybridized carbons (Fsp3) is 0.364. The lowest BCUT2D eigenvalue weighted by molar-refractivity contribution is 0.193. The summed E-state index contributed by atoms with van der Waals surface area (Å²) in [5.41, 5.74) is 11.5. The summed E-state index contributed by atoms with van der Waals surface area (Å²) in [7, 11) is 0. The number of benzene rings is 1. The maximum atomic E-state index is 10.6. The number of rotatable bonds is 4. The lowest BCUT2D eigenvalue weighted by atomic mass is 10.0. The number of carbonyl (C=O) groups excluding carboxylic acids is 1. The fourth-order valence-corrected chi connectivity index (χ4v) is 1.43. The Labute approximate surface area is 99.4 Å². The average molecular weight is 239 g/mol. The van der Waals surface area contributed by atoms with Crippen LogP contribution in [0.25, 0.3) is 0 Å². The molecule has 0 saturated heterocycles. The van der Waals surface area contributed by atoms with Crippen LogP contribution in [-0.2, 0) is 0 Å². The zero-order valence-electron chi connectivity index (χ0n) is 9.77. The molecule has 0 saturated carbocycles. The van der Waals surface area contributed by atoms with Crippen molar-refractivity contribution in [3.8, 4) is 0 Å². The Balaban J connectivity index is 3.00. The van der Waals surface area contributed by atoms with Gasteiger partial charge in [-0.05, 0) is 31.5 Å². The van der Waals surface area contributed by atoms with E-state index in [1.54, 1.807) is 32.0 Å². The number of nitrogens with one attached hydrogen (secondary N) is 2. The molecule has 0 aliphatic heterocycles. The van der Waals surface area contributed by atoms with Crippen LogP contribution in [0.4, 0.5) is 10.5 Å². The number of primary amides is 1.